The van der Waals surface area contributed by atoms with Gasteiger partial charge in [-0.05, 0) is 29.4 Å². The number of benzene rings is 1. The van der Waals surface area contributed by atoms with Crippen molar-refractivity contribution in [3.05, 3.63) is 35.4 Å². The topological polar surface area (TPSA) is 71.4 Å². The Kier molecular flexibility index (Phi) is 6.36. The number of carbonyl (C=O) groups is 1. The third-order valence-electron chi connectivity index (χ3n) is 4.11. The maximum absolute atomic E-state index is 12.0. The summed E-state index contributed by atoms with van der Waals surface area (Å²) >= 11 is 0. The zero-order valence-electron chi connectivity index (χ0n) is 14.7. The number of nitrogens with one attached hydrogen (secondary N) is 1. The monoisotopic (exact) mass is 330 g/mol. The van der Waals surface area contributed by atoms with E-state index in [0.29, 0.717) is 6.61 Å². The molecule has 0 radical (unpaired) electrons. The molecule has 1 amide bonds. The minimum atomic E-state index is -0.669. The van der Waals surface area contributed by atoms with Gasteiger partial charge in [0.25, 0.3) is 0 Å². The number of ether oxygens (including phenoxy) is 2. The summed E-state index contributed by atoms with van der Waals surface area (Å²) < 4.78 is 10.8. The second kappa shape index (κ2) is 8.27. The van der Waals surface area contributed by atoms with Gasteiger partial charge in [0, 0.05) is 6.61 Å². The van der Waals surface area contributed by atoms with Gasteiger partial charge in [-0.3, -0.25) is 4.79 Å². The standard InChI is InChI=1S/C19H26N2O3/c1-19(2,3)15-8-6-14(7-9-15)17(11-20)21-18(22)13-23-12-16-5-4-10-24-16/h6-9,16-17H,4-5,10,12-13H2,1-3H3,(H,21,22). The fourth-order valence-corrected chi connectivity index (χ4v) is 2.63. The maximum atomic E-state index is 12.0. The van der Waals surface area contributed by atoms with Crippen LogP contribution in [0.5, 0.6) is 0 Å². The van der Waals surface area contributed by atoms with Crippen LogP contribution in [0.2, 0.25) is 0 Å². The Balaban J connectivity index is 1.84. The van der Waals surface area contributed by atoms with Crippen molar-refractivity contribution in [1.82, 2.24) is 5.32 Å². The van der Waals surface area contributed by atoms with Gasteiger partial charge in [-0.15, -0.1) is 0 Å². The molecule has 2 rings (SSSR count). The van der Waals surface area contributed by atoms with Crippen LogP contribution in [0.3, 0.4) is 0 Å². The predicted octanol–water partition coefficient (Wildman–Crippen LogP) is 2.86. The lowest BCUT2D eigenvalue weighted by Crippen LogP contribution is -2.32. The molecule has 130 valence electrons. The smallest absolute Gasteiger partial charge is 0.247 e. The van der Waals surface area contributed by atoms with E-state index in [4.69, 9.17) is 9.47 Å². The lowest BCUT2D eigenvalue weighted by molar-refractivity contribution is -0.127. The van der Waals surface area contributed by atoms with Gasteiger partial charge >= 0.3 is 0 Å². The van der Waals surface area contributed by atoms with Gasteiger partial charge in [0.05, 0.1) is 18.8 Å². The zero-order chi connectivity index (χ0) is 17.6. The first-order valence-electron chi connectivity index (χ1n) is 8.39. The highest BCUT2D eigenvalue weighted by Gasteiger charge is 2.19. The molecular formula is C19H26N2O3. The highest BCUT2D eigenvalue weighted by atomic mass is 16.5. The summed E-state index contributed by atoms with van der Waals surface area (Å²) in [5.41, 5.74) is 2.02. The molecule has 1 aromatic carbocycles. The Morgan fingerprint density at radius 1 is 1.42 bits per heavy atom. The normalized spacial score (nSPS) is 18.8. The third kappa shape index (κ3) is 5.33. The SMILES string of the molecule is CC(C)(C)c1ccc(C(C#N)NC(=O)COCC2CCCO2)cc1. The van der Waals surface area contributed by atoms with Crippen LogP contribution in [-0.2, 0) is 19.7 Å². The molecule has 1 N–H and O–H groups in total. The fraction of sp³-hybridized carbons (Fsp3) is 0.579. The van der Waals surface area contributed by atoms with Crippen molar-refractivity contribution in [2.24, 2.45) is 0 Å². The summed E-state index contributed by atoms with van der Waals surface area (Å²) in [4.78, 5) is 12.0. The molecule has 0 aliphatic carbocycles. The number of carbonyl (C=O) groups excluding carboxylic acids is 1. The Hall–Kier alpha value is -1.90. The Bertz CT molecular complexity index is 578. The Labute approximate surface area is 144 Å². The molecule has 1 aromatic rings. The van der Waals surface area contributed by atoms with Crippen molar-refractivity contribution in [3.63, 3.8) is 0 Å². The first-order valence-corrected chi connectivity index (χ1v) is 8.39. The molecule has 0 saturated carbocycles. The van der Waals surface area contributed by atoms with Gasteiger partial charge in [0.2, 0.25) is 5.91 Å². The average Bonchev–Trinajstić information content (AvgIpc) is 3.05. The highest BCUT2D eigenvalue weighted by molar-refractivity contribution is 5.78. The number of amides is 1. The minimum absolute atomic E-state index is 0.0556. The van der Waals surface area contributed by atoms with Crippen LogP contribution in [-0.4, -0.2) is 31.8 Å². The van der Waals surface area contributed by atoms with Crippen molar-refractivity contribution in [2.45, 2.75) is 51.2 Å². The van der Waals surface area contributed by atoms with Crippen molar-refractivity contribution < 1.29 is 14.3 Å². The van der Waals surface area contributed by atoms with Gasteiger partial charge in [-0.25, -0.2) is 0 Å². The summed E-state index contributed by atoms with van der Waals surface area (Å²) in [5, 5.41) is 12.0. The average molecular weight is 330 g/mol. The molecule has 1 aliphatic heterocycles. The Morgan fingerprint density at radius 2 is 2.12 bits per heavy atom. The lowest BCUT2D eigenvalue weighted by Gasteiger charge is -2.20. The summed E-state index contributed by atoms with van der Waals surface area (Å²) in [5.74, 6) is -0.292. The summed E-state index contributed by atoms with van der Waals surface area (Å²) in [6, 6.07) is 9.24. The first kappa shape index (κ1) is 18.4. The molecule has 0 bridgehead atoms. The van der Waals surface area contributed by atoms with E-state index in [1.807, 2.05) is 24.3 Å². The van der Waals surface area contributed by atoms with E-state index in [1.165, 1.54) is 5.56 Å². The summed E-state index contributed by atoms with van der Waals surface area (Å²) in [6.07, 6.45) is 2.11. The third-order valence-corrected chi connectivity index (χ3v) is 4.11. The van der Waals surface area contributed by atoms with Crippen LogP contribution in [0.15, 0.2) is 24.3 Å². The van der Waals surface area contributed by atoms with E-state index in [-0.39, 0.29) is 24.0 Å². The van der Waals surface area contributed by atoms with Crippen molar-refractivity contribution >= 4 is 5.91 Å². The number of rotatable bonds is 6. The molecule has 1 heterocycles. The lowest BCUT2D eigenvalue weighted by atomic mass is 9.86. The van der Waals surface area contributed by atoms with Crippen molar-refractivity contribution in [3.8, 4) is 6.07 Å². The van der Waals surface area contributed by atoms with Crippen molar-refractivity contribution in [1.29, 1.82) is 5.26 Å². The van der Waals surface area contributed by atoms with Gasteiger partial charge in [-0.2, -0.15) is 5.26 Å². The minimum Gasteiger partial charge on any atom is -0.376 e. The van der Waals surface area contributed by atoms with Gasteiger partial charge in [0.15, 0.2) is 0 Å². The molecule has 1 aliphatic rings. The molecule has 0 spiro atoms. The number of nitriles is 1. The number of hydrogen-bond donors (Lipinski definition) is 1. The molecular weight excluding hydrogens is 304 g/mol. The van der Waals surface area contributed by atoms with E-state index in [1.54, 1.807) is 0 Å². The van der Waals surface area contributed by atoms with Gasteiger partial charge in [0.1, 0.15) is 12.6 Å². The molecule has 2 unspecified atom stereocenters. The Morgan fingerprint density at radius 3 is 2.67 bits per heavy atom. The summed E-state index contributed by atoms with van der Waals surface area (Å²) in [7, 11) is 0. The van der Waals surface area contributed by atoms with E-state index in [9.17, 15) is 10.1 Å². The second-order valence-electron chi connectivity index (χ2n) is 7.15. The van der Waals surface area contributed by atoms with E-state index in [0.717, 1.165) is 25.0 Å². The second-order valence-corrected chi connectivity index (χ2v) is 7.15. The van der Waals surface area contributed by atoms with Crippen LogP contribution in [0.1, 0.15) is 50.8 Å². The molecule has 24 heavy (non-hydrogen) atoms. The quantitative estimate of drug-likeness (QED) is 0.870. The number of nitrogens with zero attached hydrogens (tertiary/aromatic N) is 1. The molecule has 1 saturated heterocycles. The number of hydrogen-bond acceptors (Lipinski definition) is 4. The fourth-order valence-electron chi connectivity index (χ4n) is 2.63. The molecule has 0 aromatic heterocycles. The molecule has 2 atom stereocenters. The molecule has 5 heteroatoms. The van der Waals surface area contributed by atoms with E-state index < -0.39 is 6.04 Å². The largest absolute Gasteiger partial charge is 0.376 e. The van der Waals surface area contributed by atoms with Crippen LogP contribution in [0, 0.1) is 11.3 Å². The van der Waals surface area contributed by atoms with Crippen molar-refractivity contribution in [2.75, 3.05) is 19.8 Å². The van der Waals surface area contributed by atoms with Crippen LogP contribution in [0.25, 0.3) is 0 Å². The van der Waals surface area contributed by atoms with Crippen LogP contribution >= 0.6 is 0 Å². The van der Waals surface area contributed by atoms with Gasteiger partial charge in [-0.1, -0.05) is 45.0 Å². The first-order chi connectivity index (χ1) is 11.4. The van der Waals surface area contributed by atoms with Crippen LogP contribution in [0.4, 0.5) is 0 Å². The zero-order valence-corrected chi connectivity index (χ0v) is 14.7. The maximum Gasteiger partial charge on any atom is 0.247 e. The predicted molar refractivity (Wildman–Crippen MR) is 91.4 cm³/mol. The van der Waals surface area contributed by atoms with E-state index in [2.05, 4.69) is 32.2 Å². The van der Waals surface area contributed by atoms with E-state index >= 15 is 0 Å². The molecule has 5 nitrogen and oxygen atoms in total. The van der Waals surface area contributed by atoms with Crippen LogP contribution < -0.4 is 5.32 Å². The van der Waals surface area contributed by atoms with Gasteiger partial charge < -0.3 is 14.8 Å². The highest BCUT2D eigenvalue weighted by Crippen LogP contribution is 2.23. The molecule has 1 fully saturated rings. The summed E-state index contributed by atoms with van der Waals surface area (Å²) in [6.45, 7) is 7.54.